The highest BCUT2D eigenvalue weighted by atomic mass is 16.3. The minimum absolute atomic E-state index is 0.0473. The van der Waals surface area contributed by atoms with Crippen molar-refractivity contribution < 1.29 is 9.90 Å². The summed E-state index contributed by atoms with van der Waals surface area (Å²) in [6, 6.07) is 21.2. The van der Waals surface area contributed by atoms with Crippen molar-refractivity contribution in [3.05, 3.63) is 89.7 Å². The van der Waals surface area contributed by atoms with Crippen molar-refractivity contribution in [1.82, 2.24) is 14.8 Å². The number of aryl methyl sites for hydroxylation is 1. The Labute approximate surface area is 195 Å². The number of benzene rings is 2. The Hall–Kier alpha value is -3.02. The maximum atomic E-state index is 13.2. The molecule has 0 bridgehead atoms. The molecular weight excluding hydrogens is 410 g/mol. The summed E-state index contributed by atoms with van der Waals surface area (Å²) in [7, 11) is 0. The van der Waals surface area contributed by atoms with Crippen LogP contribution >= 0.6 is 0 Å². The van der Waals surface area contributed by atoms with Crippen LogP contribution in [0.25, 0.3) is 11.1 Å². The van der Waals surface area contributed by atoms with Crippen LogP contribution in [0, 0.1) is 6.92 Å². The largest absolute Gasteiger partial charge is 0.395 e. The van der Waals surface area contributed by atoms with E-state index in [9.17, 15) is 9.90 Å². The molecular formula is C28H31N3O2. The van der Waals surface area contributed by atoms with E-state index in [2.05, 4.69) is 65.3 Å². The number of hydrogen-bond donors (Lipinski definition) is 1. The third-order valence-electron chi connectivity index (χ3n) is 7.32. The predicted molar refractivity (Wildman–Crippen MR) is 130 cm³/mol. The molecule has 5 nitrogen and oxygen atoms in total. The van der Waals surface area contributed by atoms with Gasteiger partial charge in [-0.15, -0.1) is 0 Å². The smallest absolute Gasteiger partial charge is 0.255 e. The zero-order chi connectivity index (χ0) is 22.8. The first kappa shape index (κ1) is 21.8. The highest BCUT2D eigenvalue weighted by molar-refractivity contribution is 5.93. The van der Waals surface area contributed by atoms with Crippen LogP contribution in [0.2, 0.25) is 0 Å². The lowest BCUT2D eigenvalue weighted by Crippen LogP contribution is -2.67. The number of carbonyl (C=O) groups excluding carboxylic acids is 1. The minimum Gasteiger partial charge on any atom is -0.395 e. The fourth-order valence-electron chi connectivity index (χ4n) is 5.58. The van der Waals surface area contributed by atoms with Crippen LogP contribution in [-0.4, -0.2) is 64.1 Å². The van der Waals surface area contributed by atoms with Gasteiger partial charge in [-0.3, -0.25) is 14.7 Å². The zero-order valence-electron chi connectivity index (χ0n) is 19.1. The average Bonchev–Trinajstić information content (AvgIpc) is 2.84. The second-order valence-corrected chi connectivity index (χ2v) is 9.22. The first-order valence-electron chi connectivity index (χ1n) is 11.9. The fourth-order valence-corrected chi connectivity index (χ4v) is 5.58. The number of carbonyl (C=O) groups is 1. The quantitative estimate of drug-likeness (QED) is 0.662. The number of rotatable bonds is 4. The summed E-state index contributed by atoms with van der Waals surface area (Å²) < 4.78 is 0. The molecule has 2 aliphatic rings. The third-order valence-corrected chi connectivity index (χ3v) is 7.32. The lowest BCUT2D eigenvalue weighted by molar-refractivity contribution is -0.0606. The molecule has 1 N–H and O–H groups in total. The molecule has 33 heavy (non-hydrogen) atoms. The number of nitrogens with zero attached hydrogens (tertiary/aromatic N) is 3. The molecule has 0 radical (unpaired) electrons. The molecule has 0 aliphatic carbocycles. The van der Waals surface area contributed by atoms with Gasteiger partial charge >= 0.3 is 0 Å². The SMILES string of the molecule is Cc1ccccc1-c1ccc([C@@H]2[C@@H](CO)N3CCCCN(C(=O)c4cccnc4)C[C@H]23)cc1. The zero-order valence-corrected chi connectivity index (χ0v) is 19.1. The van der Waals surface area contributed by atoms with Gasteiger partial charge in [0.1, 0.15) is 0 Å². The van der Waals surface area contributed by atoms with E-state index in [0.29, 0.717) is 12.1 Å². The molecule has 3 aromatic rings. The third kappa shape index (κ3) is 4.19. The van der Waals surface area contributed by atoms with Crippen LogP contribution in [0.5, 0.6) is 0 Å². The maximum Gasteiger partial charge on any atom is 0.255 e. The Balaban J connectivity index is 1.40. The first-order chi connectivity index (χ1) is 16.2. The Morgan fingerprint density at radius 3 is 2.55 bits per heavy atom. The Morgan fingerprint density at radius 1 is 1.03 bits per heavy atom. The molecule has 0 unspecified atom stereocenters. The Bertz CT molecular complexity index is 1100. The Morgan fingerprint density at radius 2 is 1.82 bits per heavy atom. The van der Waals surface area contributed by atoms with Gasteiger partial charge in [-0.2, -0.15) is 0 Å². The molecule has 5 heteroatoms. The van der Waals surface area contributed by atoms with Crippen LogP contribution in [0.1, 0.15) is 40.2 Å². The summed E-state index contributed by atoms with van der Waals surface area (Å²) in [5.74, 6) is 0.259. The van der Waals surface area contributed by atoms with E-state index in [1.165, 1.54) is 22.3 Å². The second kappa shape index (κ2) is 9.46. The lowest BCUT2D eigenvalue weighted by Gasteiger charge is -2.57. The van der Waals surface area contributed by atoms with Crippen molar-refractivity contribution in [3.63, 3.8) is 0 Å². The molecule has 2 aromatic carbocycles. The summed E-state index contributed by atoms with van der Waals surface area (Å²) in [4.78, 5) is 21.7. The molecule has 1 amide bonds. The van der Waals surface area contributed by atoms with Crippen LogP contribution < -0.4 is 0 Å². The molecule has 3 heterocycles. The topological polar surface area (TPSA) is 56.7 Å². The van der Waals surface area contributed by atoms with E-state index < -0.39 is 0 Å². The van der Waals surface area contributed by atoms with E-state index >= 15 is 0 Å². The molecule has 3 atom stereocenters. The normalized spacial score (nSPS) is 23.2. The van der Waals surface area contributed by atoms with Gasteiger partial charge in [0.25, 0.3) is 5.91 Å². The van der Waals surface area contributed by atoms with E-state index in [1.807, 2.05) is 17.0 Å². The molecule has 0 saturated carbocycles. The van der Waals surface area contributed by atoms with Crippen molar-refractivity contribution >= 4 is 5.91 Å². The number of pyridine rings is 1. The van der Waals surface area contributed by atoms with Crippen molar-refractivity contribution in [2.45, 2.75) is 37.8 Å². The minimum atomic E-state index is 0.0473. The molecule has 5 rings (SSSR count). The Kier molecular flexibility index (Phi) is 6.25. The van der Waals surface area contributed by atoms with Crippen molar-refractivity contribution in [2.75, 3.05) is 26.2 Å². The van der Waals surface area contributed by atoms with E-state index in [1.54, 1.807) is 12.4 Å². The summed E-state index contributed by atoms with van der Waals surface area (Å²) in [6.07, 6.45) is 5.35. The number of hydrogen-bond acceptors (Lipinski definition) is 4. The van der Waals surface area contributed by atoms with E-state index in [0.717, 1.165) is 25.9 Å². The average molecular weight is 442 g/mol. The van der Waals surface area contributed by atoms with Crippen LogP contribution in [0.4, 0.5) is 0 Å². The second-order valence-electron chi connectivity index (χ2n) is 9.22. The summed E-state index contributed by atoms with van der Waals surface area (Å²) >= 11 is 0. The molecule has 2 fully saturated rings. The molecule has 2 saturated heterocycles. The number of amides is 1. The van der Waals surface area contributed by atoms with Gasteiger partial charge in [0.05, 0.1) is 12.2 Å². The van der Waals surface area contributed by atoms with E-state index in [-0.39, 0.29) is 30.5 Å². The van der Waals surface area contributed by atoms with Gasteiger partial charge in [-0.05, 0) is 60.7 Å². The predicted octanol–water partition coefficient (Wildman–Crippen LogP) is 4.12. The van der Waals surface area contributed by atoms with Crippen molar-refractivity contribution in [3.8, 4) is 11.1 Å². The van der Waals surface area contributed by atoms with Gasteiger partial charge in [-0.25, -0.2) is 0 Å². The van der Waals surface area contributed by atoms with Gasteiger partial charge in [-0.1, -0.05) is 48.5 Å². The van der Waals surface area contributed by atoms with Gasteiger partial charge in [0, 0.05) is 43.5 Å². The van der Waals surface area contributed by atoms with Gasteiger partial charge < -0.3 is 10.0 Å². The molecule has 170 valence electrons. The maximum absolute atomic E-state index is 13.2. The molecule has 2 aliphatic heterocycles. The van der Waals surface area contributed by atoms with Gasteiger partial charge in [0.15, 0.2) is 0 Å². The summed E-state index contributed by atoms with van der Waals surface area (Å²) in [6.45, 7) is 4.69. The molecule has 0 spiro atoms. The monoisotopic (exact) mass is 441 g/mol. The van der Waals surface area contributed by atoms with E-state index in [4.69, 9.17) is 0 Å². The molecule has 1 aromatic heterocycles. The summed E-state index contributed by atoms with van der Waals surface area (Å²) in [5.41, 5.74) is 5.60. The van der Waals surface area contributed by atoms with Gasteiger partial charge in [0.2, 0.25) is 0 Å². The van der Waals surface area contributed by atoms with Crippen LogP contribution in [0.15, 0.2) is 73.1 Å². The van der Waals surface area contributed by atoms with Crippen LogP contribution in [-0.2, 0) is 0 Å². The summed E-state index contributed by atoms with van der Waals surface area (Å²) in [5, 5.41) is 10.2. The van der Waals surface area contributed by atoms with Crippen LogP contribution in [0.3, 0.4) is 0 Å². The standard InChI is InChI=1S/C28H31N3O2/c1-20-7-2-3-9-24(20)21-10-12-22(13-11-21)27-25-18-30(28(33)23-8-6-14-29-17-23)15-4-5-16-31(25)26(27)19-32/h2-3,6-14,17,25-27,32H,4-5,15-16,18-19H2,1H3/t25-,26-,27+/m1/s1. The lowest BCUT2D eigenvalue weighted by atomic mass is 9.74. The highest BCUT2D eigenvalue weighted by Gasteiger charge is 2.49. The number of fused-ring (bicyclic) bond motifs is 1. The van der Waals surface area contributed by atoms with Crippen molar-refractivity contribution in [2.24, 2.45) is 0 Å². The first-order valence-corrected chi connectivity index (χ1v) is 11.9. The number of aromatic nitrogens is 1. The highest BCUT2D eigenvalue weighted by Crippen LogP contribution is 2.42. The fraction of sp³-hybridized carbons (Fsp3) is 0.357. The van der Waals surface area contributed by atoms with Crippen molar-refractivity contribution in [1.29, 1.82) is 0 Å². The number of aliphatic hydroxyl groups excluding tert-OH is 1. The number of aliphatic hydroxyl groups is 1.